The Balaban J connectivity index is 1.80. The Morgan fingerprint density at radius 1 is 1.29 bits per heavy atom. The molecule has 0 aliphatic heterocycles. The molecular formula is C18H24FN3O2. The van der Waals surface area contributed by atoms with Gasteiger partial charge in [0.25, 0.3) is 5.91 Å². The van der Waals surface area contributed by atoms with Crippen molar-refractivity contribution in [3.63, 3.8) is 0 Å². The predicted octanol–water partition coefficient (Wildman–Crippen LogP) is 3.00. The summed E-state index contributed by atoms with van der Waals surface area (Å²) in [4.78, 5) is 12.3. The van der Waals surface area contributed by atoms with Crippen LogP contribution in [0.15, 0.2) is 30.3 Å². The maximum atomic E-state index is 12.9. The Morgan fingerprint density at radius 3 is 2.54 bits per heavy atom. The first-order valence-electron chi connectivity index (χ1n) is 8.02. The first-order chi connectivity index (χ1) is 11.3. The van der Waals surface area contributed by atoms with Gasteiger partial charge in [0.2, 0.25) is 0 Å². The first kappa shape index (κ1) is 18.0. The van der Waals surface area contributed by atoms with Crippen LogP contribution >= 0.6 is 0 Å². The third kappa shape index (κ3) is 4.81. The molecule has 6 heteroatoms. The summed E-state index contributed by atoms with van der Waals surface area (Å²) >= 11 is 0. The van der Waals surface area contributed by atoms with Crippen LogP contribution in [0.25, 0.3) is 0 Å². The van der Waals surface area contributed by atoms with E-state index in [-0.39, 0.29) is 11.7 Å². The molecule has 1 amide bonds. The standard InChI is InChI=1S/C18H24FN3O2/c1-13-12-14(2)22(21-13)11-5-10-20-17(23)18(3,4)24-16-8-6-15(19)7-9-16/h6-9,12H,5,10-11H2,1-4H3,(H,20,23). The van der Waals surface area contributed by atoms with Gasteiger partial charge in [-0.25, -0.2) is 4.39 Å². The second-order valence-corrected chi connectivity index (χ2v) is 6.33. The van der Waals surface area contributed by atoms with E-state index in [4.69, 9.17) is 4.74 Å². The number of aryl methyl sites for hydroxylation is 3. The van der Waals surface area contributed by atoms with Crippen LogP contribution in [0.3, 0.4) is 0 Å². The number of nitrogens with one attached hydrogen (secondary N) is 1. The van der Waals surface area contributed by atoms with Crippen molar-refractivity contribution in [2.45, 2.75) is 46.3 Å². The van der Waals surface area contributed by atoms with Crippen molar-refractivity contribution in [1.29, 1.82) is 0 Å². The van der Waals surface area contributed by atoms with Gasteiger partial charge in [0.15, 0.2) is 5.60 Å². The molecule has 0 saturated carbocycles. The minimum absolute atomic E-state index is 0.208. The molecule has 130 valence electrons. The van der Waals surface area contributed by atoms with Crippen LogP contribution in [0, 0.1) is 19.7 Å². The Bertz CT molecular complexity index is 693. The number of benzene rings is 1. The lowest BCUT2D eigenvalue weighted by molar-refractivity contribution is -0.134. The van der Waals surface area contributed by atoms with Gasteiger partial charge in [-0.15, -0.1) is 0 Å². The lowest BCUT2D eigenvalue weighted by atomic mass is 10.1. The van der Waals surface area contributed by atoms with Crippen molar-refractivity contribution in [2.24, 2.45) is 0 Å². The monoisotopic (exact) mass is 333 g/mol. The SMILES string of the molecule is Cc1cc(C)n(CCCNC(=O)C(C)(C)Oc2ccc(F)cc2)n1. The van der Waals surface area contributed by atoms with Crippen molar-refractivity contribution in [3.8, 4) is 5.75 Å². The van der Waals surface area contributed by atoms with E-state index in [0.29, 0.717) is 12.3 Å². The largest absolute Gasteiger partial charge is 0.478 e. The second kappa shape index (κ2) is 7.47. The Morgan fingerprint density at radius 2 is 1.96 bits per heavy atom. The van der Waals surface area contributed by atoms with Gasteiger partial charge in [-0.3, -0.25) is 9.48 Å². The average Bonchev–Trinajstić information content (AvgIpc) is 2.83. The summed E-state index contributed by atoms with van der Waals surface area (Å²) in [6.45, 7) is 8.63. The smallest absolute Gasteiger partial charge is 0.263 e. The van der Waals surface area contributed by atoms with Gasteiger partial charge in [0.05, 0.1) is 5.69 Å². The summed E-state index contributed by atoms with van der Waals surface area (Å²) in [6, 6.07) is 7.65. The topological polar surface area (TPSA) is 56.2 Å². The molecule has 0 aliphatic rings. The summed E-state index contributed by atoms with van der Waals surface area (Å²) < 4.78 is 20.5. The molecule has 24 heavy (non-hydrogen) atoms. The van der Waals surface area contributed by atoms with Gasteiger partial charge >= 0.3 is 0 Å². The highest BCUT2D eigenvalue weighted by molar-refractivity contribution is 5.84. The number of hydrogen-bond acceptors (Lipinski definition) is 3. The number of carbonyl (C=O) groups excluding carboxylic acids is 1. The molecule has 0 atom stereocenters. The Labute approximate surface area is 141 Å². The maximum absolute atomic E-state index is 12.9. The molecule has 1 N–H and O–H groups in total. The van der Waals surface area contributed by atoms with Crippen molar-refractivity contribution in [2.75, 3.05) is 6.54 Å². The molecule has 2 aromatic rings. The molecule has 0 spiro atoms. The number of nitrogens with zero attached hydrogens (tertiary/aromatic N) is 2. The summed E-state index contributed by atoms with van der Waals surface area (Å²) in [5, 5.41) is 7.26. The average molecular weight is 333 g/mol. The molecule has 0 unspecified atom stereocenters. The molecule has 5 nitrogen and oxygen atoms in total. The number of halogens is 1. The van der Waals surface area contributed by atoms with Gasteiger partial charge in [-0.2, -0.15) is 5.10 Å². The summed E-state index contributed by atoms with van der Waals surface area (Å²) in [5.74, 6) is -0.0897. The van der Waals surface area contributed by atoms with Gasteiger partial charge in [-0.1, -0.05) is 0 Å². The van der Waals surface area contributed by atoms with E-state index >= 15 is 0 Å². The van der Waals surface area contributed by atoms with Gasteiger partial charge < -0.3 is 10.1 Å². The fourth-order valence-corrected chi connectivity index (χ4v) is 2.39. The number of ether oxygens (including phenoxy) is 1. The minimum atomic E-state index is -1.03. The van der Waals surface area contributed by atoms with Crippen LogP contribution in [-0.4, -0.2) is 27.8 Å². The molecule has 2 rings (SSSR count). The van der Waals surface area contributed by atoms with E-state index < -0.39 is 5.60 Å². The molecule has 1 aromatic heterocycles. The number of hydrogen-bond donors (Lipinski definition) is 1. The molecule has 1 aromatic carbocycles. The molecular weight excluding hydrogens is 309 g/mol. The molecule has 0 fully saturated rings. The third-order valence-corrected chi connectivity index (χ3v) is 3.67. The summed E-state index contributed by atoms with van der Waals surface area (Å²) in [5.41, 5.74) is 1.07. The van der Waals surface area contributed by atoms with Crippen molar-refractivity contribution < 1.29 is 13.9 Å². The second-order valence-electron chi connectivity index (χ2n) is 6.33. The molecule has 0 aliphatic carbocycles. The molecule has 0 saturated heterocycles. The summed E-state index contributed by atoms with van der Waals surface area (Å²) in [7, 11) is 0. The van der Waals surface area contributed by atoms with E-state index in [1.54, 1.807) is 13.8 Å². The normalized spacial score (nSPS) is 11.4. The van der Waals surface area contributed by atoms with Crippen molar-refractivity contribution >= 4 is 5.91 Å². The highest BCUT2D eigenvalue weighted by Crippen LogP contribution is 2.18. The fourth-order valence-electron chi connectivity index (χ4n) is 2.39. The predicted molar refractivity (Wildman–Crippen MR) is 90.4 cm³/mol. The van der Waals surface area contributed by atoms with E-state index in [1.807, 2.05) is 24.6 Å². The minimum Gasteiger partial charge on any atom is -0.478 e. The summed E-state index contributed by atoms with van der Waals surface area (Å²) in [6.07, 6.45) is 0.778. The van der Waals surface area contributed by atoms with Crippen LogP contribution in [0.2, 0.25) is 0 Å². The Kier molecular flexibility index (Phi) is 5.59. The van der Waals surface area contributed by atoms with Crippen molar-refractivity contribution in [1.82, 2.24) is 15.1 Å². The molecule has 1 heterocycles. The van der Waals surface area contributed by atoms with E-state index in [2.05, 4.69) is 10.4 Å². The van der Waals surface area contributed by atoms with Crippen LogP contribution in [0.5, 0.6) is 5.75 Å². The van der Waals surface area contributed by atoms with Crippen molar-refractivity contribution in [3.05, 3.63) is 47.5 Å². The highest BCUT2D eigenvalue weighted by atomic mass is 19.1. The maximum Gasteiger partial charge on any atom is 0.263 e. The zero-order chi connectivity index (χ0) is 17.7. The molecule has 0 bridgehead atoms. The highest BCUT2D eigenvalue weighted by Gasteiger charge is 2.29. The molecule has 0 radical (unpaired) electrons. The third-order valence-electron chi connectivity index (χ3n) is 3.67. The fraction of sp³-hybridized carbons (Fsp3) is 0.444. The lowest BCUT2D eigenvalue weighted by Gasteiger charge is -2.25. The van der Waals surface area contributed by atoms with Crippen LogP contribution < -0.4 is 10.1 Å². The van der Waals surface area contributed by atoms with Crippen LogP contribution in [0.1, 0.15) is 31.7 Å². The number of aromatic nitrogens is 2. The lowest BCUT2D eigenvalue weighted by Crippen LogP contribution is -2.46. The van der Waals surface area contributed by atoms with Gasteiger partial charge in [-0.05, 0) is 64.4 Å². The van der Waals surface area contributed by atoms with Gasteiger partial charge in [0, 0.05) is 18.8 Å². The zero-order valence-corrected chi connectivity index (χ0v) is 14.6. The first-order valence-corrected chi connectivity index (χ1v) is 8.02. The van der Waals surface area contributed by atoms with E-state index in [1.165, 1.54) is 24.3 Å². The number of carbonyl (C=O) groups is 1. The van der Waals surface area contributed by atoms with Gasteiger partial charge in [0.1, 0.15) is 11.6 Å². The Hall–Kier alpha value is -2.37. The van der Waals surface area contributed by atoms with E-state index in [0.717, 1.165) is 24.4 Å². The van der Waals surface area contributed by atoms with Crippen LogP contribution in [0.4, 0.5) is 4.39 Å². The quantitative estimate of drug-likeness (QED) is 0.793. The number of amides is 1. The van der Waals surface area contributed by atoms with Crippen LogP contribution in [-0.2, 0) is 11.3 Å². The zero-order valence-electron chi connectivity index (χ0n) is 14.6. The number of rotatable bonds is 7. The van der Waals surface area contributed by atoms with E-state index in [9.17, 15) is 9.18 Å².